The highest BCUT2D eigenvalue weighted by Gasteiger charge is 2.21. The molecule has 0 fully saturated rings. The van der Waals surface area contributed by atoms with E-state index in [1.54, 1.807) is 0 Å². The van der Waals surface area contributed by atoms with E-state index in [0.717, 1.165) is 0 Å². The van der Waals surface area contributed by atoms with E-state index < -0.39 is 0 Å². The van der Waals surface area contributed by atoms with Crippen LogP contribution in [0.3, 0.4) is 0 Å². The van der Waals surface area contributed by atoms with Gasteiger partial charge < -0.3 is 3.07 Å². The van der Waals surface area contributed by atoms with Gasteiger partial charge in [0.05, 0.1) is 6.42 Å². The van der Waals surface area contributed by atoms with E-state index in [-0.39, 0.29) is 30.0 Å². The number of halogens is 1. The van der Waals surface area contributed by atoms with Crippen molar-refractivity contribution in [3.63, 3.8) is 0 Å². The molecular formula is C8H13IO3. The summed E-state index contributed by atoms with van der Waals surface area (Å²) >= 11 is 1.52. The first-order valence-electron chi connectivity index (χ1n) is 3.72. The number of hydrogen-bond donors (Lipinski definition) is 0. The number of Topliss-reactive ketones (excluding diaryl/α,β-unsaturated/α-hetero) is 1. The highest BCUT2D eigenvalue weighted by atomic mass is 127. The first-order chi connectivity index (χ1) is 5.38. The number of carbonyl (C=O) groups is 2. The molecule has 0 aliphatic heterocycles. The van der Waals surface area contributed by atoms with Gasteiger partial charge in [-0.3, -0.25) is 9.59 Å². The van der Waals surface area contributed by atoms with Crippen molar-refractivity contribution in [1.82, 2.24) is 0 Å². The van der Waals surface area contributed by atoms with Crippen molar-refractivity contribution in [3.05, 3.63) is 0 Å². The SMILES string of the molecule is CC(C)(C)C(=O)CCC(=O)OI. The second kappa shape index (κ2) is 4.79. The minimum Gasteiger partial charge on any atom is -0.394 e. The summed E-state index contributed by atoms with van der Waals surface area (Å²) in [7, 11) is 0. The lowest BCUT2D eigenvalue weighted by atomic mass is 9.88. The first-order valence-corrected chi connectivity index (χ1v) is 4.60. The lowest BCUT2D eigenvalue weighted by Crippen LogP contribution is -2.20. The maximum atomic E-state index is 11.3. The number of ketones is 1. The third-order valence-electron chi connectivity index (χ3n) is 1.48. The zero-order valence-electron chi connectivity index (χ0n) is 7.52. The Morgan fingerprint density at radius 2 is 1.75 bits per heavy atom. The van der Waals surface area contributed by atoms with Crippen LogP contribution in [0.25, 0.3) is 0 Å². The Hall–Kier alpha value is -0.130. The number of rotatable bonds is 3. The molecule has 0 aliphatic carbocycles. The number of hydrogen-bond acceptors (Lipinski definition) is 3. The molecule has 0 saturated carbocycles. The molecule has 0 saturated heterocycles. The molecule has 12 heavy (non-hydrogen) atoms. The zero-order valence-corrected chi connectivity index (χ0v) is 9.67. The van der Waals surface area contributed by atoms with E-state index in [9.17, 15) is 9.59 Å². The molecule has 0 amide bonds. The maximum Gasteiger partial charge on any atom is 0.315 e. The highest BCUT2D eigenvalue weighted by Crippen LogP contribution is 2.17. The summed E-state index contributed by atoms with van der Waals surface area (Å²) < 4.78 is 4.39. The van der Waals surface area contributed by atoms with Crippen molar-refractivity contribution in [2.75, 3.05) is 0 Å². The Morgan fingerprint density at radius 3 is 2.08 bits per heavy atom. The fourth-order valence-electron chi connectivity index (χ4n) is 0.629. The summed E-state index contributed by atoms with van der Waals surface area (Å²) in [5.74, 6) is -0.252. The highest BCUT2D eigenvalue weighted by molar-refractivity contribution is 14.1. The predicted octanol–water partition coefficient (Wildman–Crippen LogP) is 2.28. The molecule has 0 aromatic rings. The third kappa shape index (κ3) is 4.69. The molecule has 0 N–H and O–H groups in total. The summed E-state index contributed by atoms with van der Waals surface area (Å²) in [6.07, 6.45) is 0.449. The fourth-order valence-corrected chi connectivity index (χ4v) is 0.849. The van der Waals surface area contributed by atoms with Gasteiger partial charge in [0.1, 0.15) is 5.78 Å². The lowest BCUT2D eigenvalue weighted by Gasteiger charge is -2.15. The fraction of sp³-hybridized carbons (Fsp3) is 0.750. The Kier molecular flexibility index (Phi) is 4.74. The van der Waals surface area contributed by atoms with Crippen LogP contribution in [0.1, 0.15) is 33.6 Å². The van der Waals surface area contributed by atoms with Crippen LogP contribution >= 0.6 is 23.0 Å². The van der Waals surface area contributed by atoms with E-state index in [2.05, 4.69) is 3.07 Å². The van der Waals surface area contributed by atoms with Crippen LogP contribution in [0.15, 0.2) is 0 Å². The predicted molar refractivity (Wildman–Crippen MR) is 53.8 cm³/mol. The van der Waals surface area contributed by atoms with Crippen molar-refractivity contribution in [2.45, 2.75) is 33.6 Å². The van der Waals surface area contributed by atoms with E-state index in [0.29, 0.717) is 0 Å². The quantitative estimate of drug-likeness (QED) is 0.747. The topological polar surface area (TPSA) is 43.4 Å². The molecule has 4 heteroatoms. The molecule has 0 heterocycles. The van der Waals surface area contributed by atoms with Crippen molar-refractivity contribution >= 4 is 34.8 Å². The van der Waals surface area contributed by atoms with Gasteiger partial charge in [-0.05, 0) is 0 Å². The Balaban J connectivity index is 3.81. The molecule has 0 bridgehead atoms. The van der Waals surface area contributed by atoms with Gasteiger partial charge in [-0.1, -0.05) is 20.8 Å². The maximum absolute atomic E-state index is 11.3. The Morgan fingerprint density at radius 1 is 1.25 bits per heavy atom. The zero-order chi connectivity index (χ0) is 9.78. The van der Waals surface area contributed by atoms with Gasteiger partial charge in [-0.15, -0.1) is 0 Å². The van der Waals surface area contributed by atoms with E-state index >= 15 is 0 Å². The minimum absolute atomic E-state index is 0.0873. The van der Waals surface area contributed by atoms with Crippen LogP contribution in [-0.2, 0) is 12.7 Å². The molecular weight excluding hydrogens is 271 g/mol. The molecule has 0 spiro atoms. The van der Waals surface area contributed by atoms with Gasteiger partial charge in [0.2, 0.25) is 0 Å². The lowest BCUT2D eigenvalue weighted by molar-refractivity contribution is -0.135. The van der Waals surface area contributed by atoms with Crippen LogP contribution in [0.2, 0.25) is 0 Å². The van der Waals surface area contributed by atoms with E-state index in [1.807, 2.05) is 20.8 Å². The van der Waals surface area contributed by atoms with Crippen LogP contribution in [0.4, 0.5) is 0 Å². The normalized spacial score (nSPS) is 11.0. The summed E-state index contributed by atoms with van der Waals surface area (Å²) in [4.78, 5) is 21.9. The van der Waals surface area contributed by atoms with Gasteiger partial charge in [-0.25, -0.2) is 0 Å². The Bertz CT molecular complexity index is 181. The smallest absolute Gasteiger partial charge is 0.315 e. The van der Waals surface area contributed by atoms with Crippen LogP contribution < -0.4 is 0 Å². The summed E-state index contributed by atoms with van der Waals surface area (Å²) in [6, 6.07) is 0. The van der Waals surface area contributed by atoms with Gasteiger partial charge in [0.25, 0.3) is 0 Å². The number of carbonyl (C=O) groups excluding carboxylic acids is 2. The molecule has 0 aromatic carbocycles. The van der Waals surface area contributed by atoms with E-state index in [4.69, 9.17) is 0 Å². The summed E-state index contributed by atoms with van der Waals surface area (Å²) in [5.41, 5.74) is -0.356. The van der Waals surface area contributed by atoms with Crippen molar-refractivity contribution in [3.8, 4) is 0 Å². The molecule has 70 valence electrons. The molecule has 0 aromatic heterocycles. The average Bonchev–Trinajstić information content (AvgIpc) is 1.97. The summed E-state index contributed by atoms with van der Waals surface area (Å²) in [6.45, 7) is 5.51. The molecule has 0 radical (unpaired) electrons. The largest absolute Gasteiger partial charge is 0.394 e. The standard InChI is InChI=1S/C8H13IO3/c1-8(2,3)6(10)4-5-7(11)12-9/h4-5H2,1-3H3. The van der Waals surface area contributed by atoms with Gasteiger partial charge in [0.15, 0.2) is 23.0 Å². The van der Waals surface area contributed by atoms with Crippen molar-refractivity contribution < 1.29 is 12.7 Å². The van der Waals surface area contributed by atoms with Crippen LogP contribution in [0, 0.1) is 5.41 Å². The molecule has 0 aliphatic rings. The van der Waals surface area contributed by atoms with E-state index in [1.165, 1.54) is 23.0 Å². The van der Waals surface area contributed by atoms with Gasteiger partial charge >= 0.3 is 5.97 Å². The molecule has 0 atom stereocenters. The second-order valence-electron chi connectivity index (χ2n) is 3.62. The van der Waals surface area contributed by atoms with Gasteiger partial charge in [-0.2, -0.15) is 0 Å². The van der Waals surface area contributed by atoms with Crippen LogP contribution in [-0.4, -0.2) is 11.8 Å². The second-order valence-corrected chi connectivity index (χ2v) is 4.06. The monoisotopic (exact) mass is 284 g/mol. The third-order valence-corrected chi connectivity index (χ3v) is 1.97. The molecule has 3 nitrogen and oxygen atoms in total. The van der Waals surface area contributed by atoms with Crippen molar-refractivity contribution in [1.29, 1.82) is 0 Å². The molecule has 0 unspecified atom stereocenters. The molecule has 0 rings (SSSR count). The summed E-state index contributed by atoms with van der Waals surface area (Å²) in [5, 5.41) is 0. The minimum atomic E-state index is -0.356. The van der Waals surface area contributed by atoms with Crippen molar-refractivity contribution in [2.24, 2.45) is 5.41 Å². The van der Waals surface area contributed by atoms with Gasteiger partial charge in [0, 0.05) is 11.8 Å². The first kappa shape index (κ1) is 11.9. The Labute approximate surface area is 86.5 Å². The van der Waals surface area contributed by atoms with Crippen LogP contribution in [0.5, 0.6) is 0 Å². The average molecular weight is 284 g/mol.